The highest BCUT2D eigenvalue weighted by molar-refractivity contribution is 7.91. The molecule has 0 radical (unpaired) electrons. The number of anilines is 1. The van der Waals surface area contributed by atoms with Gasteiger partial charge in [0.2, 0.25) is 0 Å². The summed E-state index contributed by atoms with van der Waals surface area (Å²) in [6.45, 7) is 0. The van der Waals surface area contributed by atoms with Gasteiger partial charge >= 0.3 is 0 Å². The van der Waals surface area contributed by atoms with Gasteiger partial charge in [0.05, 0.1) is 11.5 Å². The minimum atomic E-state index is -2.83. The first-order valence-corrected chi connectivity index (χ1v) is 7.65. The van der Waals surface area contributed by atoms with Gasteiger partial charge in [0.15, 0.2) is 21.3 Å². The van der Waals surface area contributed by atoms with Crippen LogP contribution in [-0.4, -0.2) is 34.5 Å². The number of fused-ring (bicyclic) bond motifs is 1. The van der Waals surface area contributed by atoms with Crippen LogP contribution in [0, 0.1) is 5.92 Å². The molecule has 1 aliphatic rings. The Balaban J connectivity index is 1.83. The lowest BCUT2D eigenvalue weighted by molar-refractivity contribution is 0.569. The first kappa shape index (κ1) is 11.5. The maximum absolute atomic E-state index is 11.4. The Hall–Kier alpha value is -1.63. The van der Waals surface area contributed by atoms with Gasteiger partial charge in [-0.2, -0.15) is 5.10 Å². The summed E-state index contributed by atoms with van der Waals surface area (Å²) in [6.07, 6.45) is 3.08. The number of pyridine rings is 1. The highest BCUT2D eigenvalue weighted by Crippen LogP contribution is 2.21. The third-order valence-corrected chi connectivity index (χ3v) is 5.04. The second-order valence-electron chi connectivity index (χ2n) is 4.76. The number of hydrogen-bond acceptors (Lipinski definition) is 5. The maximum Gasteiger partial charge on any atom is 0.157 e. The molecular formula is C11H14N4O2S. The predicted molar refractivity (Wildman–Crippen MR) is 67.9 cm³/mol. The van der Waals surface area contributed by atoms with E-state index in [1.165, 1.54) is 0 Å². The molecule has 1 unspecified atom stereocenters. The van der Waals surface area contributed by atoms with Gasteiger partial charge in [0.1, 0.15) is 0 Å². The molecule has 0 bridgehead atoms. The van der Waals surface area contributed by atoms with Crippen LogP contribution in [0.15, 0.2) is 18.3 Å². The van der Waals surface area contributed by atoms with Crippen LogP contribution in [0.3, 0.4) is 0 Å². The summed E-state index contributed by atoms with van der Waals surface area (Å²) in [7, 11) is -2.83. The van der Waals surface area contributed by atoms with Gasteiger partial charge in [0.25, 0.3) is 0 Å². The van der Waals surface area contributed by atoms with Gasteiger partial charge in [-0.3, -0.25) is 0 Å². The topological polar surface area (TPSA) is 90.4 Å². The number of nitrogens with two attached hydrogens (primary N) is 1. The number of sulfone groups is 1. The normalized spacial score (nSPS) is 22.6. The van der Waals surface area contributed by atoms with Gasteiger partial charge in [0, 0.05) is 24.4 Å². The number of nitrogen functional groups attached to an aromatic ring is 1. The van der Waals surface area contributed by atoms with Gasteiger partial charge in [-0.25, -0.2) is 17.9 Å². The Bertz CT molecular complexity index is 692. The second-order valence-corrected chi connectivity index (χ2v) is 6.99. The van der Waals surface area contributed by atoms with Gasteiger partial charge in [-0.15, -0.1) is 0 Å². The Morgan fingerprint density at radius 1 is 1.50 bits per heavy atom. The zero-order chi connectivity index (χ0) is 12.8. The zero-order valence-corrected chi connectivity index (χ0v) is 10.6. The number of hydrogen-bond donors (Lipinski definition) is 1. The van der Waals surface area contributed by atoms with E-state index in [1.54, 1.807) is 22.8 Å². The second kappa shape index (κ2) is 3.94. The van der Waals surface area contributed by atoms with Crippen molar-refractivity contribution in [2.75, 3.05) is 17.2 Å². The number of nitrogens with zero attached hydrogens (tertiary/aromatic N) is 3. The Labute approximate surface area is 105 Å². The van der Waals surface area contributed by atoms with E-state index in [4.69, 9.17) is 5.73 Å². The molecule has 0 amide bonds. The first-order valence-electron chi connectivity index (χ1n) is 5.83. The maximum atomic E-state index is 11.4. The summed E-state index contributed by atoms with van der Waals surface area (Å²) in [6, 6.07) is 3.51. The van der Waals surface area contributed by atoms with E-state index < -0.39 is 9.84 Å². The van der Waals surface area contributed by atoms with Crippen molar-refractivity contribution in [2.45, 2.75) is 12.8 Å². The third kappa shape index (κ3) is 2.17. The molecule has 0 spiro atoms. The van der Waals surface area contributed by atoms with Crippen LogP contribution in [-0.2, 0) is 16.3 Å². The molecule has 1 aliphatic heterocycles. The summed E-state index contributed by atoms with van der Waals surface area (Å²) in [4.78, 5) is 4.36. The van der Waals surface area contributed by atoms with E-state index in [0.717, 1.165) is 0 Å². The standard InChI is InChI=1S/C11H14N4O2S/c12-9-1-3-15-11(6-9)13-10(14-15)5-8-2-4-18(16,17)7-8/h1,3,6,8H,2,4-5,7,12H2. The molecule has 96 valence electrons. The van der Waals surface area contributed by atoms with Crippen molar-refractivity contribution < 1.29 is 8.42 Å². The largest absolute Gasteiger partial charge is 0.399 e. The summed E-state index contributed by atoms with van der Waals surface area (Å²) < 4.78 is 24.4. The minimum absolute atomic E-state index is 0.143. The highest BCUT2D eigenvalue weighted by Gasteiger charge is 2.28. The average Bonchev–Trinajstić information content (AvgIpc) is 2.81. The van der Waals surface area contributed by atoms with Gasteiger partial charge in [-0.05, 0) is 18.4 Å². The lowest BCUT2D eigenvalue weighted by Crippen LogP contribution is -2.08. The van der Waals surface area contributed by atoms with Crippen LogP contribution in [0.25, 0.3) is 5.65 Å². The highest BCUT2D eigenvalue weighted by atomic mass is 32.2. The lowest BCUT2D eigenvalue weighted by Gasteiger charge is -2.01. The quantitative estimate of drug-likeness (QED) is 0.843. The number of aromatic nitrogens is 3. The molecule has 0 saturated carbocycles. The molecule has 2 aromatic heterocycles. The zero-order valence-electron chi connectivity index (χ0n) is 9.78. The summed E-state index contributed by atoms with van der Waals surface area (Å²) in [5.74, 6) is 1.37. The molecule has 3 heterocycles. The molecule has 1 fully saturated rings. The summed E-state index contributed by atoms with van der Waals surface area (Å²) >= 11 is 0. The molecule has 3 rings (SSSR count). The van der Waals surface area contributed by atoms with Crippen LogP contribution >= 0.6 is 0 Å². The fourth-order valence-corrected chi connectivity index (χ4v) is 4.18. The van der Waals surface area contributed by atoms with E-state index in [-0.39, 0.29) is 17.4 Å². The fourth-order valence-electron chi connectivity index (χ4n) is 2.32. The average molecular weight is 266 g/mol. The van der Waals surface area contributed by atoms with Crippen LogP contribution in [0.2, 0.25) is 0 Å². The molecule has 2 N–H and O–H groups in total. The van der Waals surface area contributed by atoms with E-state index >= 15 is 0 Å². The first-order chi connectivity index (χ1) is 8.52. The Morgan fingerprint density at radius 2 is 2.33 bits per heavy atom. The molecule has 1 saturated heterocycles. The molecule has 2 aromatic rings. The van der Waals surface area contributed by atoms with Crippen LogP contribution < -0.4 is 5.73 Å². The Morgan fingerprint density at radius 3 is 3.06 bits per heavy atom. The van der Waals surface area contributed by atoms with Crippen molar-refractivity contribution in [3.8, 4) is 0 Å². The molecule has 6 nitrogen and oxygen atoms in total. The minimum Gasteiger partial charge on any atom is -0.399 e. The van der Waals surface area contributed by atoms with Crippen molar-refractivity contribution >= 4 is 21.2 Å². The fraction of sp³-hybridized carbons (Fsp3) is 0.455. The SMILES string of the molecule is Nc1ccn2nc(CC3CCS(=O)(=O)C3)nc2c1. The Kier molecular flexibility index (Phi) is 2.51. The van der Waals surface area contributed by atoms with Crippen molar-refractivity contribution in [1.82, 2.24) is 14.6 Å². The van der Waals surface area contributed by atoms with Crippen LogP contribution in [0.5, 0.6) is 0 Å². The third-order valence-electron chi connectivity index (χ3n) is 3.20. The van der Waals surface area contributed by atoms with E-state index in [2.05, 4.69) is 10.1 Å². The molecule has 18 heavy (non-hydrogen) atoms. The molecule has 0 aromatic carbocycles. The van der Waals surface area contributed by atoms with E-state index in [0.29, 0.717) is 30.0 Å². The van der Waals surface area contributed by atoms with E-state index in [9.17, 15) is 8.42 Å². The van der Waals surface area contributed by atoms with Gasteiger partial charge in [-0.1, -0.05) is 0 Å². The van der Waals surface area contributed by atoms with Crippen molar-refractivity contribution in [1.29, 1.82) is 0 Å². The smallest absolute Gasteiger partial charge is 0.157 e. The monoisotopic (exact) mass is 266 g/mol. The van der Waals surface area contributed by atoms with Gasteiger partial charge < -0.3 is 5.73 Å². The van der Waals surface area contributed by atoms with E-state index in [1.807, 2.05) is 0 Å². The summed E-state index contributed by atoms with van der Waals surface area (Å²) in [5, 5.41) is 4.32. The molecule has 0 aliphatic carbocycles. The molecular weight excluding hydrogens is 252 g/mol. The number of rotatable bonds is 2. The molecule has 7 heteroatoms. The van der Waals surface area contributed by atoms with Crippen molar-refractivity contribution in [3.05, 3.63) is 24.2 Å². The predicted octanol–water partition coefficient (Wildman–Crippen LogP) is 0.289. The van der Waals surface area contributed by atoms with Crippen molar-refractivity contribution in [2.24, 2.45) is 5.92 Å². The lowest BCUT2D eigenvalue weighted by atomic mass is 10.1. The van der Waals surface area contributed by atoms with Crippen molar-refractivity contribution in [3.63, 3.8) is 0 Å². The van der Waals surface area contributed by atoms with Crippen LogP contribution in [0.1, 0.15) is 12.2 Å². The molecule has 1 atom stereocenters. The van der Waals surface area contributed by atoms with Crippen LogP contribution in [0.4, 0.5) is 5.69 Å². The summed E-state index contributed by atoms with van der Waals surface area (Å²) in [5.41, 5.74) is 7.02.